The van der Waals surface area contributed by atoms with Gasteiger partial charge >= 0.3 is 0 Å². The van der Waals surface area contributed by atoms with Crippen molar-refractivity contribution in [3.8, 4) is 5.75 Å². The first kappa shape index (κ1) is 19.6. The Morgan fingerprint density at radius 2 is 1.72 bits per heavy atom. The van der Waals surface area contributed by atoms with Crippen LogP contribution in [0.2, 0.25) is 15.1 Å². The normalized spacial score (nSPS) is 11.3. The molecule has 0 aliphatic rings. The summed E-state index contributed by atoms with van der Waals surface area (Å²) in [5, 5.41) is 5.06. The van der Waals surface area contributed by atoms with Gasteiger partial charge in [-0.3, -0.25) is 4.79 Å². The smallest absolute Gasteiger partial charge is 0.277 e. The van der Waals surface area contributed by atoms with Crippen LogP contribution in [-0.2, 0) is 4.79 Å². The van der Waals surface area contributed by atoms with Crippen molar-refractivity contribution in [1.82, 2.24) is 5.43 Å². The lowest BCUT2D eigenvalue weighted by atomic mass is 10.1. The topological polar surface area (TPSA) is 50.7 Å². The number of carbonyl (C=O) groups is 1. The summed E-state index contributed by atoms with van der Waals surface area (Å²) in [6.07, 6.45) is 0.683. The van der Waals surface area contributed by atoms with Gasteiger partial charge in [-0.15, -0.1) is 0 Å². The molecule has 0 spiro atoms. The van der Waals surface area contributed by atoms with Crippen LogP contribution in [0.15, 0.2) is 41.5 Å². The van der Waals surface area contributed by atoms with Gasteiger partial charge in [0.25, 0.3) is 5.91 Å². The number of nitrogens with zero attached hydrogens (tertiary/aromatic N) is 1. The summed E-state index contributed by atoms with van der Waals surface area (Å²) in [5.41, 5.74) is 5.39. The maximum atomic E-state index is 11.9. The summed E-state index contributed by atoms with van der Waals surface area (Å²) in [6, 6.07) is 10.9. The number of hydrazone groups is 1. The van der Waals surface area contributed by atoms with E-state index >= 15 is 0 Å². The zero-order valence-electron chi connectivity index (χ0n) is 13.8. The van der Waals surface area contributed by atoms with Crippen LogP contribution in [0.4, 0.5) is 0 Å². The highest BCUT2D eigenvalue weighted by Crippen LogP contribution is 2.33. The summed E-state index contributed by atoms with van der Waals surface area (Å²) in [5.74, 6) is -0.121. The SMILES string of the molecule is CCC(=NNC(=O)COc1cc(Cl)c(Cl)cc1Cl)c1ccc(C)cc1. The van der Waals surface area contributed by atoms with Gasteiger partial charge in [0.2, 0.25) is 0 Å². The molecule has 2 rings (SSSR count). The van der Waals surface area contributed by atoms with Gasteiger partial charge in [-0.05, 0) is 25.0 Å². The molecule has 7 heteroatoms. The van der Waals surface area contributed by atoms with E-state index in [4.69, 9.17) is 39.5 Å². The number of hydrogen-bond donors (Lipinski definition) is 1. The highest BCUT2D eigenvalue weighted by atomic mass is 35.5. The van der Waals surface area contributed by atoms with Crippen molar-refractivity contribution in [3.63, 3.8) is 0 Å². The lowest BCUT2D eigenvalue weighted by Gasteiger charge is -2.09. The third kappa shape index (κ3) is 5.63. The molecule has 2 aromatic carbocycles. The predicted octanol–water partition coefficient (Wildman–Crippen LogP) is 5.26. The second-order valence-electron chi connectivity index (χ2n) is 5.30. The molecule has 4 nitrogen and oxygen atoms in total. The molecule has 0 atom stereocenters. The first-order valence-electron chi connectivity index (χ1n) is 7.60. The van der Waals surface area contributed by atoms with Gasteiger partial charge in [0.1, 0.15) is 5.75 Å². The van der Waals surface area contributed by atoms with E-state index in [1.165, 1.54) is 12.1 Å². The Morgan fingerprint density at radius 1 is 1.08 bits per heavy atom. The van der Waals surface area contributed by atoms with E-state index in [1.54, 1.807) is 0 Å². The van der Waals surface area contributed by atoms with Crippen LogP contribution in [0.25, 0.3) is 0 Å². The molecule has 0 bridgehead atoms. The molecule has 1 N–H and O–H groups in total. The summed E-state index contributed by atoms with van der Waals surface area (Å²) in [6.45, 7) is 3.74. The highest BCUT2D eigenvalue weighted by molar-refractivity contribution is 6.43. The van der Waals surface area contributed by atoms with Crippen LogP contribution in [0.1, 0.15) is 24.5 Å². The Bertz CT molecular complexity index is 790. The summed E-state index contributed by atoms with van der Waals surface area (Å²) in [7, 11) is 0. The van der Waals surface area contributed by atoms with Crippen LogP contribution in [0.5, 0.6) is 5.75 Å². The zero-order chi connectivity index (χ0) is 18.4. The fourth-order valence-electron chi connectivity index (χ4n) is 2.01. The van der Waals surface area contributed by atoms with Crippen molar-refractivity contribution in [1.29, 1.82) is 0 Å². The molecule has 2 aromatic rings. The van der Waals surface area contributed by atoms with Crippen molar-refractivity contribution < 1.29 is 9.53 Å². The van der Waals surface area contributed by atoms with E-state index in [1.807, 2.05) is 38.1 Å². The number of hydrogen-bond acceptors (Lipinski definition) is 3. The van der Waals surface area contributed by atoms with Gasteiger partial charge in [-0.25, -0.2) is 5.43 Å². The second-order valence-corrected chi connectivity index (χ2v) is 6.52. The number of amides is 1. The summed E-state index contributed by atoms with van der Waals surface area (Å²) >= 11 is 17.8. The van der Waals surface area contributed by atoms with Gasteiger partial charge in [0.05, 0.1) is 20.8 Å². The third-order valence-corrected chi connectivity index (χ3v) is 4.39. The minimum Gasteiger partial charge on any atom is -0.482 e. The maximum absolute atomic E-state index is 11.9. The molecule has 0 fully saturated rings. The molecule has 0 aliphatic carbocycles. The molecular formula is C18H17Cl3N2O2. The number of carbonyl (C=O) groups excluding carboxylic acids is 1. The molecular weight excluding hydrogens is 383 g/mol. The Kier molecular flexibility index (Phi) is 7.12. The summed E-state index contributed by atoms with van der Waals surface area (Å²) < 4.78 is 5.37. The number of nitrogens with one attached hydrogen (secondary N) is 1. The number of aryl methyl sites for hydroxylation is 1. The Balaban J connectivity index is 1.97. The minimum atomic E-state index is -0.403. The standard InChI is InChI=1S/C18H17Cl3N2O2/c1-3-16(12-6-4-11(2)5-7-12)22-23-18(24)10-25-17-9-14(20)13(19)8-15(17)21/h4-9H,3,10H2,1-2H3,(H,23,24). The van der Waals surface area contributed by atoms with E-state index in [2.05, 4.69) is 10.5 Å². The number of halogens is 3. The fourth-order valence-corrected chi connectivity index (χ4v) is 2.61. The summed E-state index contributed by atoms with van der Waals surface area (Å²) in [4.78, 5) is 11.9. The lowest BCUT2D eigenvalue weighted by Crippen LogP contribution is -2.26. The van der Waals surface area contributed by atoms with Crippen molar-refractivity contribution in [2.45, 2.75) is 20.3 Å². The monoisotopic (exact) mass is 398 g/mol. The first-order valence-corrected chi connectivity index (χ1v) is 8.74. The molecule has 0 aliphatic heterocycles. The van der Waals surface area contributed by atoms with Gasteiger partial charge in [-0.2, -0.15) is 5.10 Å². The average molecular weight is 400 g/mol. The average Bonchev–Trinajstić information content (AvgIpc) is 2.59. The molecule has 0 radical (unpaired) electrons. The van der Waals surface area contributed by atoms with E-state index in [0.717, 1.165) is 16.8 Å². The van der Waals surface area contributed by atoms with E-state index < -0.39 is 5.91 Å². The Morgan fingerprint density at radius 3 is 2.36 bits per heavy atom. The zero-order valence-corrected chi connectivity index (χ0v) is 16.0. The highest BCUT2D eigenvalue weighted by Gasteiger charge is 2.10. The minimum absolute atomic E-state index is 0.244. The largest absolute Gasteiger partial charge is 0.482 e. The van der Waals surface area contributed by atoms with E-state index in [9.17, 15) is 4.79 Å². The van der Waals surface area contributed by atoms with Gasteiger partial charge in [0.15, 0.2) is 6.61 Å². The third-order valence-electron chi connectivity index (χ3n) is 3.37. The first-order chi connectivity index (χ1) is 11.9. The van der Waals surface area contributed by atoms with E-state index in [-0.39, 0.29) is 17.4 Å². The van der Waals surface area contributed by atoms with Crippen LogP contribution in [0.3, 0.4) is 0 Å². The molecule has 1 amide bonds. The molecule has 0 unspecified atom stereocenters. The maximum Gasteiger partial charge on any atom is 0.277 e. The molecule has 0 saturated carbocycles. The number of benzene rings is 2. The van der Waals surface area contributed by atoms with Crippen LogP contribution >= 0.6 is 34.8 Å². The van der Waals surface area contributed by atoms with Gasteiger partial charge in [0, 0.05) is 6.07 Å². The lowest BCUT2D eigenvalue weighted by molar-refractivity contribution is -0.123. The van der Waals surface area contributed by atoms with Gasteiger partial charge in [-0.1, -0.05) is 71.6 Å². The van der Waals surface area contributed by atoms with Crippen LogP contribution in [-0.4, -0.2) is 18.2 Å². The molecule has 25 heavy (non-hydrogen) atoms. The second kappa shape index (κ2) is 9.09. The quantitative estimate of drug-likeness (QED) is 0.409. The van der Waals surface area contributed by atoms with Crippen LogP contribution < -0.4 is 10.2 Å². The van der Waals surface area contributed by atoms with E-state index in [0.29, 0.717) is 16.5 Å². The predicted molar refractivity (Wildman–Crippen MR) is 103 cm³/mol. The molecule has 0 aromatic heterocycles. The number of ether oxygens (including phenoxy) is 1. The van der Waals surface area contributed by atoms with Crippen molar-refractivity contribution in [2.24, 2.45) is 5.10 Å². The van der Waals surface area contributed by atoms with Gasteiger partial charge < -0.3 is 4.74 Å². The molecule has 0 saturated heterocycles. The van der Waals surface area contributed by atoms with Crippen molar-refractivity contribution in [3.05, 3.63) is 62.6 Å². The molecule has 132 valence electrons. The van der Waals surface area contributed by atoms with Crippen LogP contribution in [0, 0.1) is 6.92 Å². The van der Waals surface area contributed by atoms with Crippen molar-refractivity contribution >= 4 is 46.4 Å². The van der Waals surface area contributed by atoms with Crippen molar-refractivity contribution in [2.75, 3.05) is 6.61 Å². The Hall–Kier alpha value is -1.75. The molecule has 0 heterocycles. The Labute approximate surface area is 161 Å². The fraction of sp³-hybridized carbons (Fsp3) is 0.222. The number of rotatable bonds is 6.